The molecule has 1 aliphatic rings. The summed E-state index contributed by atoms with van der Waals surface area (Å²) in [6.45, 7) is 8.16. The predicted octanol–water partition coefficient (Wildman–Crippen LogP) is 4.47. The van der Waals surface area contributed by atoms with Crippen molar-refractivity contribution in [2.45, 2.75) is 20.8 Å². The molecule has 1 amide bonds. The fourth-order valence-electron chi connectivity index (χ4n) is 3.01. The van der Waals surface area contributed by atoms with Crippen molar-refractivity contribution in [1.82, 2.24) is 4.90 Å². The van der Waals surface area contributed by atoms with Crippen LogP contribution in [0.1, 0.15) is 27.0 Å². The molecule has 3 heteroatoms. The van der Waals surface area contributed by atoms with Crippen LogP contribution in [-0.2, 0) is 0 Å². The van der Waals surface area contributed by atoms with Crippen LogP contribution in [-0.4, -0.2) is 35.4 Å². The quantitative estimate of drug-likeness (QED) is 0.812. The number of carbonyl (C=O) groups is 1. The normalized spacial score (nSPS) is 14.8. The number of benzene rings is 2. The molecule has 23 heavy (non-hydrogen) atoms. The van der Waals surface area contributed by atoms with E-state index in [1.807, 2.05) is 28.8 Å². The van der Waals surface area contributed by atoms with Crippen molar-refractivity contribution in [1.29, 1.82) is 0 Å². The van der Waals surface area contributed by atoms with Crippen molar-refractivity contribution >= 4 is 17.7 Å². The van der Waals surface area contributed by atoms with Gasteiger partial charge in [0, 0.05) is 30.2 Å². The van der Waals surface area contributed by atoms with Crippen molar-refractivity contribution in [3.8, 4) is 11.1 Å². The fraction of sp³-hybridized carbons (Fsp3) is 0.350. The van der Waals surface area contributed by atoms with E-state index < -0.39 is 0 Å². The molecule has 2 aromatic carbocycles. The highest BCUT2D eigenvalue weighted by Crippen LogP contribution is 2.27. The Bertz CT molecular complexity index is 715. The second-order valence-electron chi connectivity index (χ2n) is 6.23. The largest absolute Gasteiger partial charge is 0.337 e. The highest BCUT2D eigenvalue weighted by molar-refractivity contribution is 7.99. The molecule has 0 bridgehead atoms. The van der Waals surface area contributed by atoms with Crippen LogP contribution in [0.25, 0.3) is 11.1 Å². The van der Waals surface area contributed by atoms with Crippen molar-refractivity contribution in [3.05, 3.63) is 58.7 Å². The maximum Gasteiger partial charge on any atom is 0.253 e. The summed E-state index contributed by atoms with van der Waals surface area (Å²) in [6.07, 6.45) is 0. The summed E-state index contributed by atoms with van der Waals surface area (Å²) in [7, 11) is 0. The highest BCUT2D eigenvalue weighted by Gasteiger charge is 2.18. The number of hydrogen-bond donors (Lipinski definition) is 0. The van der Waals surface area contributed by atoms with Gasteiger partial charge in [-0.1, -0.05) is 24.3 Å². The van der Waals surface area contributed by atoms with E-state index in [1.54, 1.807) is 0 Å². The van der Waals surface area contributed by atoms with Gasteiger partial charge in [-0.2, -0.15) is 11.8 Å². The summed E-state index contributed by atoms with van der Waals surface area (Å²) in [5, 5.41) is 0. The molecule has 3 rings (SSSR count). The third-order valence-corrected chi connectivity index (χ3v) is 5.52. The van der Waals surface area contributed by atoms with Crippen molar-refractivity contribution in [2.24, 2.45) is 0 Å². The van der Waals surface area contributed by atoms with Gasteiger partial charge >= 0.3 is 0 Å². The number of hydrogen-bond acceptors (Lipinski definition) is 2. The first-order valence-electron chi connectivity index (χ1n) is 8.11. The maximum absolute atomic E-state index is 12.5. The minimum absolute atomic E-state index is 0.161. The van der Waals surface area contributed by atoms with E-state index in [9.17, 15) is 4.79 Å². The van der Waals surface area contributed by atoms with Crippen LogP contribution >= 0.6 is 11.8 Å². The van der Waals surface area contributed by atoms with Gasteiger partial charge in [-0.05, 0) is 60.7 Å². The Morgan fingerprint density at radius 1 is 0.913 bits per heavy atom. The first-order valence-corrected chi connectivity index (χ1v) is 9.27. The van der Waals surface area contributed by atoms with Crippen LogP contribution in [0.5, 0.6) is 0 Å². The van der Waals surface area contributed by atoms with Crippen molar-refractivity contribution < 1.29 is 4.79 Å². The fourth-order valence-corrected chi connectivity index (χ4v) is 3.92. The van der Waals surface area contributed by atoms with Gasteiger partial charge in [-0.15, -0.1) is 0 Å². The van der Waals surface area contributed by atoms with Crippen LogP contribution < -0.4 is 0 Å². The second kappa shape index (κ2) is 6.79. The van der Waals surface area contributed by atoms with Crippen LogP contribution in [0, 0.1) is 20.8 Å². The van der Waals surface area contributed by atoms with Gasteiger partial charge < -0.3 is 4.90 Å². The van der Waals surface area contributed by atoms with Gasteiger partial charge in [0.1, 0.15) is 0 Å². The molecule has 2 nitrogen and oxygen atoms in total. The van der Waals surface area contributed by atoms with Gasteiger partial charge in [0.25, 0.3) is 5.91 Å². The molecule has 1 fully saturated rings. The van der Waals surface area contributed by atoms with E-state index in [0.717, 1.165) is 30.2 Å². The molecule has 0 aromatic heterocycles. The molecule has 1 saturated heterocycles. The summed E-state index contributed by atoms with van der Waals surface area (Å²) in [5.41, 5.74) is 7.12. The van der Waals surface area contributed by atoms with E-state index in [-0.39, 0.29) is 5.91 Å². The minimum Gasteiger partial charge on any atom is -0.337 e. The van der Waals surface area contributed by atoms with Crippen LogP contribution in [0.15, 0.2) is 36.4 Å². The molecule has 1 aliphatic heterocycles. The van der Waals surface area contributed by atoms with Crippen molar-refractivity contribution in [2.75, 3.05) is 24.6 Å². The molecule has 0 aliphatic carbocycles. The molecule has 0 unspecified atom stereocenters. The maximum atomic E-state index is 12.5. The SMILES string of the molecule is Cc1cc(C)c(-c2ccc(C(=O)N3CCSCC3)cc2)cc1C. The van der Waals surface area contributed by atoms with Crippen LogP contribution in [0.2, 0.25) is 0 Å². The highest BCUT2D eigenvalue weighted by atomic mass is 32.2. The topological polar surface area (TPSA) is 20.3 Å². The molecular formula is C20H23NOS. The zero-order valence-electron chi connectivity index (χ0n) is 14.1. The molecule has 2 aromatic rings. The van der Waals surface area contributed by atoms with Gasteiger partial charge in [0.15, 0.2) is 0 Å². The lowest BCUT2D eigenvalue weighted by Crippen LogP contribution is -2.37. The van der Waals surface area contributed by atoms with Gasteiger partial charge in [0.2, 0.25) is 0 Å². The van der Waals surface area contributed by atoms with E-state index >= 15 is 0 Å². The summed E-state index contributed by atoms with van der Waals surface area (Å²) >= 11 is 1.92. The number of rotatable bonds is 2. The number of carbonyl (C=O) groups excluding carboxylic acids is 1. The van der Waals surface area contributed by atoms with Gasteiger partial charge in [-0.25, -0.2) is 0 Å². The lowest BCUT2D eigenvalue weighted by molar-refractivity contribution is 0.0772. The smallest absolute Gasteiger partial charge is 0.253 e. The van der Waals surface area contributed by atoms with Gasteiger partial charge in [0.05, 0.1) is 0 Å². The van der Waals surface area contributed by atoms with E-state index in [0.29, 0.717) is 0 Å². The number of aryl methyl sites for hydroxylation is 3. The Labute approximate surface area is 142 Å². The minimum atomic E-state index is 0.161. The Hall–Kier alpha value is -1.74. The number of nitrogens with zero attached hydrogens (tertiary/aromatic N) is 1. The summed E-state index contributed by atoms with van der Waals surface area (Å²) in [6, 6.07) is 12.5. The average Bonchev–Trinajstić information content (AvgIpc) is 2.58. The first kappa shape index (κ1) is 16.1. The lowest BCUT2D eigenvalue weighted by Gasteiger charge is -2.26. The molecule has 120 valence electrons. The molecule has 0 radical (unpaired) electrons. The Morgan fingerprint density at radius 3 is 2.17 bits per heavy atom. The molecule has 1 heterocycles. The Morgan fingerprint density at radius 2 is 1.52 bits per heavy atom. The third-order valence-electron chi connectivity index (χ3n) is 4.58. The third kappa shape index (κ3) is 3.45. The summed E-state index contributed by atoms with van der Waals surface area (Å²) in [4.78, 5) is 14.5. The predicted molar refractivity (Wildman–Crippen MR) is 99.3 cm³/mol. The van der Waals surface area contributed by atoms with E-state index in [1.165, 1.54) is 27.8 Å². The lowest BCUT2D eigenvalue weighted by atomic mass is 9.95. The van der Waals surface area contributed by atoms with Gasteiger partial charge in [-0.3, -0.25) is 4.79 Å². The zero-order valence-corrected chi connectivity index (χ0v) is 14.9. The van der Waals surface area contributed by atoms with E-state index in [2.05, 4.69) is 45.0 Å². The number of thioether (sulfide) groups is 1. The molecular weight excluding hydrogens is 302 g/mol. The first-order chi connectivity index (χ1) is 11.1. The second-order valence-corrected chi connectivity index (χ2v) is 7.46. The Kier molecular flexibility index (Phi) is 4.76. The molecule has 0 saturated carbocycles. The van der Waals surface area contributed by atoms with Crippen molar-refractivity contribution in [3.63, 3.8) is 0 Å². The van der Waals surface area contributed by atoms with E-state index in [4.69, 9.17) is 0 Å². The van der Waals surface area contributed by atoms with Crippen LogP contribution in [0.3, 0.4) is 0 Å². The monoisotopic (exact) mass is 325 g/mol. The molecule has 0 atom stereocenters. The summed E-state index contributed by atoms with van der Waals surface area (Å²) in [5.74, 6) is 2.26. The van der Waals surface area contributed by atoms with Crippen LogP contribution in [0.4, 0.5) is 0 Å². The Balaban J connectivity index is 1.84. The average molecular weight is 325 g/mol. The molecule has 0 spiro atoms. The zero-order chi connectivity index (χ0) is 16.4. The standard InChI is InChI=1S/C20H23NOS/c1-14-12-16(3)19(13-15(14)2)17-4-6-18(7-5-17)20(22)21-8-10-23-11-9-21/h4-7,12-13H,8-11H2,1-3H3. The number of amides is 1. The molecule has 0 N–H and O–H groups in total. The summed E-state index contributed by atoms with van der Waals surface area (Å²) < 4.78 is 0.